The Labute approximate surface area is 134 Å². The van der Waals surface area contributed by atoms with Gasteiger partial charge in [-0.05, 0) is 24.1 Å². The number of hydrogen-bond acceptors (Lipinski definition) is 4. The lowest BCUT2D eigenvalue weighted by Crippen LogP contribution is -2.19. The lowest BCUT2D eigenvalue weighted by molar-refractivity contribution is -0.153. The van der Waals surface area contributed by atoms with E-state index in [9.17, 15) is 18.0 Å². The van der Waals surface area contributed by atoms with Crippen molar-refractivity contribution in [2.75, 3.05) is 6.61 Å². The van der Waals surface area contributed by atoms with Crippen molar-refractivity contribution in [3.8, 4) is 5.75 Å². The Balaban J connectivity index is 1.93. The van der Waals surface area contributed by atoms with Crippen molar-refractivity contribution in [1.82, 2.24) is 14.8 Å². The summed E-state index contributed by atoms with van der Waals surface area (Å²) in [6, 6.07) is 6.36. The molecule has 1 N–H and O–H groups in total. The highest BCUT2D eigenvalue weighted by atomic mass is 32.2. The lowest BCUT2D eigenvalue weighted by Gasteiger charge is -2.09. The molecule has 0 fully saturated rings. The smallest absolute Gasteiger partial charge is 0.422 e. The predicted molar refractivity (Wildman–Crippen MR) is 80.7 cm³/mol. The number of aromatic amines is 1. The largest absolute Gasteiger partial charge is 0.484 e. The predicted octanol–water partition coefficient (Wildman–Crippen LogP) is 3.21. The average molecular weight is 347 g/mol. The number of alkyl halides is 3. The number of thioether (sulfide) groups is 1. The second kappa shape index (κ2) is 7.58. The number of benzene rings is 1. The van der Waals surface area contributed by atoms with Gasteiger partial charge in [0.05, 0.1) is 0 Å². The fourth-order valence-electron chi connectivity index (χ4n) is 1.83. The van der Waals surface area contributed by atoms with Crippen molar-refractivity contribution in [2.45, 2.75) is 37.0 Å². The first-order valence-electron chi connectivity index (χ1n) is 6.95. The summed E-state index contributed by atoms with van der Waals surface area (Å²) in [5, 5.41) is 6.96. The highest BCUT2D eigenvalue weighted by Gasteiger charge is 2.28. The topological polar surface area (TPSA) is 59.9 Å². The number of hydrogen-bond donors (Lipinski definition) is 1. The van der Waals surface area contributed by atoms with Crippen LogP contribution in [0.5, 0.6) is 5.75 Å². The van der Waals surface area contributed by atoms with Crippen LogP contribution in [-0.4, -0.2) is 27.5 Å². The van der Waals surface area contributed by atoms with Gasteiger partial charge in [-0.2, -0.15) is 13.2 Å². The minimum Gasteiger partial charge on any atom is -0.484 e. The molecule has 1 aromatic heterocycles. The molecule has 0 unspecified atom stereocenters. The molecule has 9 heteroatoms. The van der Waals surface area contributed by atoms with E-state index < -0.39 is 12.8 Å². The number of nitrogens with zero attached hydrogens (tertiary/aromatic N) is 2. The fourth-order valence-corrected chi connectivity index (χ4v) is 2.76. The van der Waals surface area contributed by atoms with Crippen molar-refractivity contribution in [3.05, 3.63) is 40.3 Å². The molecule has 0 spiro atoms. The zero-order chi connectivity index (χ0) is 16.9. The number of aromatic nitrogens is 3. The second-order valence-corrected chi connectivity index (χ2v) is 5.74. The van der Waals surface area contributed by atoms with E-state index in [2.05, 4.69) is 14.9 Å². The summed E-state index contributed by atoms with van der Waals surface area (Å²) in [5.41, 5.74) is 0.651. The zero-order valence-corrected chi connectivity index (χ0v) is 13.2. The maximum atomic E-state index is 12.1. The van der Waals surface area contributed by atoms with Crippen LogP contribution in [0.4, 0.5) is 13.2 Å². The number of halogens is 3. The highest BCUT2D eigenvalue weighted by molar-refractivity contribution is 7.98. The van der Waals surface area contributed by atoms with Crippen LogP contribution in [0.2, 0.25) is 0 Å². The van der Waals surface area contributed by atoms with Crippen LogP contribution < -0.4 is 10.4 Å². The zero-order valence-electron chi connectivity index (χ0n) is 12.4. The van der Waals surface area contributed by atoms with Gasteiger partial charge in [0.25, 0.3) is 0 Å². The maximum absolute atomic E-state index is 12.1. The molecule has 0 saturated heterocycles. The molecule has 0 aliphatic carbocycles. The van der Waals surface area contributed by atoms with E-state index in [4.69, 9.17) is 0 Å². The molecule has 1 heterocycles. The molecule has 1 aromatic carbocycles. The van der Waals surface area contributed by atoms with Crippen LogP contribution >= 0.6 is 11.8 Å². The van der Waals surface area contributed by atoms with Gasteiger partial charge in [-0.1, -0.05) is 30.8 Å². The van der Waals surface area contributed by atoms with E-state index in [1.807, 2.05) is 6.92 Å². The Morgan fingerprint density at radius 3 is 2.61 bits per heavy atom. The molecule has 2 aromatic rings. The molecule has 5 nitrogen and oxygen atoms in total. The van der Waals surface area contributed by atoms with Crippen molar-refractivity contribution in [2.24, 2.45) is 0 Å². The van der Waals surface area contributed by atoms with Gasteiger partial charge in [0.15, 0.2) is 11.8 Å². The number of ether oxygens (including phenoxy) is 1. The quantitative estimate of drug-likeness (QED) is 0.782. The van der Waals surface area contributed by atoms with Crippen molar-refractivity contribution < 1.29 is 17.9 Å². The Morgan fingerprint density at radius 2 is 2.00 bits per heavy atom. The second-order valence-electron chi connectivity index (χ2n) is 4.80. The third-order valence-corrected chi connectivity index (χ3v) is 3.91. The van der Waals surface area contributed by atoms with Gasteiger partial charge in [0.1, 0.15) is 5.75 Å². The molecular formula is C14H16F3N3O2S. The first-order valence-corrected chi connectivity index (χ1v) is 7.94. The Kier molecular flexibility index (Phi) is 5.75. The van der Waals surface area contributed by atoms with Gasteiger partial charge in [-0.25, -0.2) is 9.89 Å². The van der Waals surface area contributed by atoms with Gasteiger partial charge in [0, 0.05) is 12.3 Å². The lowest BCUT2D eigenvalue weighted by atomic mass is 10.2. The van der Waals surface area contributed by atoms with Crippen LogP contribution in [-0.2, 0) is 12.3 Å². The van der Waals surface area contributed by atoms with Crippen LogP contribution in [0.3, 0.4) is 0 Å². The van der Waals surface area contributed by atoms with Gasteiger partial charge in [0.2, 0.25) is 0 Å². The molecule has 0 aliphatic rings. The Morgan fingerprint density at radius 1 is 1.30 bits per heavy atom. The van der Waals surface area contributed by atoms with Crippen molar-refractivity contribution >= 4 is 11.8 Å². The van der Waals surface area contributed by atoms with Gasteiger partial charge >= 0.3 is 11.9 Å². The number of nitrogens with one attached hydrogen (secondary N) is 1. The summed E-state index contributed by atoms with van der Waals surface area (Å²) >= 11 is 1.38. The minimum atomic E-state index is -4.35. The van der Waals surface area contributed by atoms with E-state index >= 15 is 0 Å². The monoisotopic (exact) mass is 347 g/mol. The molecule has 2 rings (SSSR count). The molecular weight excluding hydrogens is 331 g/mol. The summed E-state index contributed by atoms with van der Waals surface area (Å²) in [4.78, 5) is 11.6. The summed E-state index contributed by atoms with van der Waals surface area (Å²) in [7, 11) is 0. The molecule has 0 atom stereocenters. The third kappa shape index (κ3) is 5.34. The molecule has 0 radical (unpaired) electrons. The van der Waals surface area contributed by atoms with Gasteiger partial charge in [-0.3, -0.25) is 4.57 Å². The van der Waals surface area contributed by atoms with Crippen molar-refractivity contribution in [3.63, 3.8) is 0 Å². The third-order valence-electron chi connectivity index (χ3n) is 2.86. The van der Waals surface area contributed by atoms with Crippen LogP contribution in [0.1, 0.15) is 18.9 Å². The highest BCUT2D eigenvalue weighted by Crippen LogP contribution is 2.23. The van der Waals surface area contributed by atoms with E-state index in [-0.39, 0.29) is 11.4 Å². The molecule has 0 saturated carbocycles. The van der Waals surface area contributed by atoms with E-state index in [1.54, 1.807) is 16.7 Å². The van der Waals surface area contributed by atoms with Crippen LogP contribution in [0.15, 0.2) is 34.2 Å². The van der Waals surface area contributed by atoms with Gasteiger partial charge in [-0.15, -0.1) is 5.10 Å². The maximum Gasteiger partial charge on any atom is 0.422 e. The summed E-state index contributed by atoms with van der Waals surface area (Å²) in [5.74, 6) is 0.715. The summed E-state index contributed by atoms with van der Waals surface area (Å²) in [6.07, 6.45) is -3.53. The average Bonchev–Trinajstić information content (AvgIpc) is 2.85. The molecule has 126 valence electrons. The molecule has 0 aliphatic heterocycles. The Bertz CT molecular complexity index is 680. The number of rotatable bonds is 7. The normalized spacial score (nSPS) is 11.7. The minimum absolute atomic E-state index is 0.165. The standard InChI is InChI=1S/C14H16F3N3O2S/c1-2-7-20-12(21)18-19-13(20)23-8-10-3-5-11(6-4-10)22-9-14(15,16)17/h3-6H,2,7-9H2,1H3,(H,18,21). The summed E-state index contributed by atoms with van der Waals surface area (Å²) < 4.78 is 42.4. The molecule has 0 amide bonds. The first-order chi connectivity index (χ1) is 10.9. The first kappa shape index (κ1) is 17.5. The number of H-pyrrole nitrogens is 1. The van der Waals surface area contributed by atoms with Gasteiger partial charge < -0.3 is 4.74 Å². The fraction of sp³-hybridized carbons (Fsp3) is 0.429. The summed E-state index contributed by atoms with van der Waals surface area (Å²) in [6.45, 7) is 1.24. The van der Waals surface area contributed by atoms with E-state index in [0.29, 0.717) is 17.5 Å². The van der Waals surface area contributed by atoms with E-state index in [0.717, 1.165) is 12.0 Å². The van der Waals surface area contributed by atoms with Crippen LogP contribution in [0.25, 0.3) is 0 Å². The van der Waals surface area contributed by atoms with Crippen LogP contribution in [0, 0.1) is 0 Å². The Hall–Kier alpha value is -1.90. The van der Waals surface area contributed by atoms with E-state index in [1.165, 1.54) is 23.9 Å². The van der Waals surface area contributed by atoms with Crippen molar-refractivity contribution in [1.29, 1.82) is 0 Å². The molecule has 0 bridgehead atoms. The SMILES string of the molecule is CCCn1c(SCc2ccc(OCC(F)(F)F)cc2)n[nH]c1=O. The molecule has 23 heavy (non-hydrogen) atoms.